The Bertz CT molecular complexity index is 717. The fourth-order valence-electron chi connectivity index (χ4n) is 1.75. The van der Waals surface area contributed by atoms with Crippen LogP contribution in [0.5, 0.6) is 11.5 Å². The maximum atomic E-state index is 12.1. The highest BCUT2D eigenvalue weighted by Gasteiger charge is 2.18. The van der Waals surface area contributed by atoms with Gasteiger partial charge in [0.25, 0.3) is 5.69 Å². The zero-order chi connectivity index (χ0) is 16.1. The van der Waals surface area contributed by atoms with Crippen molar-refractivity contribution in [3.63, 3.8) is 0 Å². The molecule has 0 fully saturated rings. The van der Waals surface area contributed by atoms with Crippen molar-refractivity contribution in [3.05, 3.63) is 62.6 Å². The summed E-state index contributed by atoms with van der Waals surface area (Å²) < 4.78 is 10.9. The van der Waals surface area contributed by atoms with Gasteiger partial charge < -0.3 is 9.47 Å². The SMILES string of the molecule is CCOc1ccccc1OC(=O)c1ccc(Br)c([N+](=O)[O-])c1. The van der Waals surface area contributed by atoms with Crippen LogP contribution in [0.15, 0.2) is 46.9 Å². The van der Waals surface area contributed by atoms with Crippen molar-refractivity contribution in [2.24, 2.45) is 0 Å². The normalized spacial score (nSPS) is 10.1. The van der Waals surface area contributed by atoms with Gasteiger partial charge in [-0.2, -0.15) is 0 Å². The van der Waals surface area contributed by atoms with Gasteiger partial charge in [-0.3, -0.25) is 10.1 Å². The van der Waals surface area contributed by atoms with E-state index in [1.807, 2.05) is 6.92 Å². The van der Waals surface area contributed by atoms with Crippen molar-refractivity contribution in [3.8, 4) is 11.5 Å². The maximum absolute atomic E-state index is 12.1. The lowest BCUT2D eigenvalue weighted by molar-refractivity contribution is -0.385. The number of para-hydroxylation sites is 2. The summed E-state index contributed by atoms with van der Waals surface area (Å²) in [6.45, 7) is 2.25. The zero-order valence-electron chi connectivity index (χ0n) is 11.6. The summed E-state index contributed by atoms with van der Waals surface area (Å²) in [6, 6.07) is 10.8. The fourth-order valence-corrected chi connectivity index (χ4v) is 2.14. The van der Waals surface area contributed by atoms with Crippen molar-refractivity contribution >= 4 is 27.6 Å². The van der Waals surface area contributed by atoms with E-state index in [0.29, 0.717) is 16.8 Å². The van der Waals surface area contributed by atoms with Gasteiger partial charge in [0.2, 0.25) is 0 Å². The number of carbonyl (C=O) groups excluding carboxylic acids is 1. The summed E-state index contributed by atoms with van der Waals surface area (Å²) >= 11 is 3.07. The minimum Gasteiger partial charge on any atom is -0.490 e. The fraction of sp³-hybridized carbons (Fsp3) is 0.133. The van der Waals surface area contributed by atoms with E-state index in [9.17, 15) is 14.9 Å². The molecule has 6 nitrogen and oxygen atoms in total. The highest BCUT2D eigenvalue weighted by atomic mass is 79.9. The number of halogens is 1. The third-order valence-corrected chi connectivity index (χ3v) is 3.40. The molecule has 2 aromatic rings. The molecule has 7 heteroatoms. The molecule has 0 N–H and O–H groups in total. The lowest BCUT2D eigenvalue weighted by Gasteiger charge is -2.10. The number of nitro groups is 1. The topological polar surface area (TPSA) is 78.7 Å². The van der Waals surface area contributed by atoms with Crippen LogP contribution in [0.1, 0.15) is 17.3 Å². The molecule has 0 heterocycles. The molecule has 0 spiro atoms. The van der Waals surface area contributed by atoms with Crippen molar-refractivity contribution < 1.29 is 19.2 Å². The molecule has 114 valence electrons. The average molecular weight is 366 g/mol. The number of carbonyl (C=O) groups is 1. The monoisotopic (exact) mass is 365 g/mol. The Balaban J connectivity index is 2.26. The van der Waals surface area contributed by atoms with E-state index in [2.05, 4.69) is 15.9 Å². The predicted molar refractivity (Wildman–Crippen MR) is 83.4 cm³/mol. The minimum absolute atomic E-state index is 0.0844. The Morgan fingerprint density at radius 3 is 2.55 bits per heavy atom. The predicted octanol–water partition coefficient (Wildman–Crippen LogP) is 3.98. The zero-order valence-corrected chi connectivity index (χ0v) is 13.2. The molecule has 0 bridgehead atoms. The molecule has 0 radical (unpaired) electrons. The van der Waals surface area contributed by atoms with Gasteiger partial charge in [-0.25, -0.2) is 4.79 Å². The van der Waals surface area contributed by atoms with Gasteiger partial charge >= 0.3 is 5.97 Å². The number of esters is 1. The molecule has 0 aliphatic heterocycles. The molecule has 0 atom stereocenters. The molecule has 2 rings (SSSR count). The van der Waals surface area contributed by atoms with E-state index in [0.717, 1.165) is 6.07 Å². The van der Waals surface area contributed by atoms with Crippen LogP contribution in [0.3, 0.4) is 0 Å². The third kappa shape index (κ3) is 3.62. The smallest absolute Gasteiger partial charge is 0.343 e. The van der Waals surface area contributed by atoms with Crippen LogP contribution in [0, 0.1) is 10.1 Å². The number of benzene rings is 2. The summed E-state index contributed by atoms with van der Waals surface area (Å²) in [5.41, 5.74) is -0.117. The van der Waals surface area contributed by atoms with Crippen LogP contribution in [0.25, 0.3) is 0 Å². The molecule has 0 unspecified atom stereocenters. The Morgan fingerprint density at radius 2 is 1.91 bits per heavy atom. The highest BCUT2D eigenvalue weighted by molar-refractivity contribution is 9.10. The number of rotatable bonds is 5. The molecule has 0 amide bonds. The van der Waals surface area contributed by atoms with Gasteiger partial charge in [0.15, 0.2) is 11.5 Å². The number of hydrogen-bond acceptors (Lipinski definition) is 5. The molecule has 0 aromatic heterocycles. The molecular formula is C15H12BrNO5. The van der Waals surface area contributed by atoms with Crippen LogP contribution in [0.2, 0.25) is 0 Å². The summed E-state index contributed by atoms with van der Waals surface area (Å²) in [7, 11) is 0. The first-order chi connectivity index (χ1) is 10.5. The van der Waals surface area contributed by atoms with Gasteiger partial charge in [-0.05, 0) is 47.1 Å². The summed E-state index contributed by atoms with van der Waals surface area (Å²) in [5, 5.41) is 10.9. The minimum atomic E-state index is -0.692. The second-order valence-corrected chi connectivity index (χ2v) is 5.05. The van der Waals surface area contributed by atoms with E-state index in [-0.39, 0.29) is 17.0 Å². The third-order valence-electron chi connectivity index (χ3n) is 2.73. The first kappa shape index (κ1) is 16.0. The largest absolute Gasteiger partial charge is 0.490 e. The first-order valence-corrected chi connectivity index (χ1v) is 7.20. The molecule has 0 aliphatic rings. The lowest BCUT2D eigenvalue weighted by atomic mass is 10.2. The lowest BCUT2D eigenvalue weighted by Crippen LogP contribution is -2.10. The van der Waals surface area contributed by atoms with Gasteiger partial charge in [0.05, 0.1) is 21.6 Å². The Hall–Kier alpha value is -2.41. The van der Waals surface area contributed by atoms with Crippen molar-refractivity contribution in [2.75, 3.05) is 6.61 Å². The average Bonchev–Trinajstić information content (AvgIpc) is 2.49. The summed E-state index contributed by atoms with van der Waals surface area (Å²) in [6.07, 6.45) is 0. The van der Waals surface area contributed by atoms with E-state index in [4.69, 9.17) is 9.47 Å². The van der Waals surface area contributed by atoms with Crippen LogP contribution in [-0.4, -0.2) is 17.5 Å². The molecule has 2 aromatic carbocycles. The number of hydrogen-bond donors (Lipinski definition) is 0. The van der Waals surface area contributed by atoms with Crippen LogP contribution < -0.4 is 9.47 Å². The number of nitrogens with zero attached hydrogens (tertiary/aromatic N) is 1. The molecule has 22 heavy (non-hydrogen) atoms. The Kier molecular flexibility index (Phi) is 5.11. The van der Waals surface area contributed by atoms with Crippen molar-refractivity contribution in [2.45, 2.75) is 6.92 Å². The van der Waals surface area contributed by atoms with E-state index in [1.165, 1.54) is 12.1 Å². The Morgan fingerprint density at radius 1 is 1.23 bits per heavy atom. The maximum Gasteiger partial charge on any atom is 0.343 e. The van der Waals surface area contributed by atoms with Crippen LogP contribution in [-0.2, 0) is 0 Å². The standard InChI is InChI=1S/C15H12BrNO5/c1-2-21-13-5-3-4-6-14(13)22-15(18)10-7-8-11(16)12(9-10)17(19)20/h3-9H,2H2,1H3. The highest BCUT2D eigenvalue weighted by Crippen LogP contribution is 2.29. The van der Waals surface area contributed by atoms with Crippen molar-refractivity contribution in [1.82, 2.24) is 0 Å². The summed E-state index contributed by atoms with van der Waals surface area (Å²) in [5.74, 6) is 0.00707. The van der Waals surface area contributed by atoms with Gasteiger partial charge in [-0.1, -0.05) is 12.1 Å². The quantitative estimate of drug-likeness (QED) is 0.346. The van der Waals surface area contributed by atoms with Crippen LogP contribution in [0.4, 0.5) is 5.69 Å². The number of ether oxygens (including phenoxy) is 2. The molecular weight excluding hydrogens is 354 g/mol. The molecule has 0 aliphatic carbocycles. The second-order valence-electron chi connectivity index (χ2n) is 4.19. The van der Waals surface area contributed by atoms with Gasteiger partial charge in [-0.15, -0.1) is 0 Å². The van der Waals surface area contributed by atoms with E-state index < -0.39 is 10.9 Å². The van der Waals surface area contributed by atoms with E-state index >= 15 is 0 Å². The number of nitro benzene ring substituents is 1. The van der Waals surface area contributed by atoms with Gasteiger partial charge in [0.1, 0.15) is 0 Å². The van der Waals surface area contributed by atoms with Crippen molar-refractivity contribution in [1.29, 1.82) is 0 Å². The van der Waals surface area contributed by atoms with Crippen LogP contribution >= 0.6 is 15.9 Å². The van der Waals surface area contributed by atoms with Gasteiger partial charge in [0, 0.05) is 6.07 Å². The summed E-state index contributed by atoms with van der Waals surface area (Å²) in [4.78, 5) is 22.5. The second kappa shape index (κ2) is 7.04. The Labute approximate surface area is 134 Å². The van der Waals surface area contributed by atoms with E-state index in [1.54, 1.807) is 24.3 Å². The first-order valence-electron chi connectivity index (χ1n) is 6.41. The molecule has 0 saturated heterocycles. The molecule has 0 saturated carbocycles.